The number of rotatable bonds is 4. The monoisotopic (exact) mass is 247 g/mol. The Bertz CT molecular complexity index is 421. The molecule has 0 N–H and O–H groups in total. The van der Waals surface area contributed by atoms with Crippen molar-refractivity contribution in [3.05, 3.63) is 28.8 Å². The minimum absolute atomic E-state index is 0.0987. The number of halogens is 3. The second-order valence-corrected chi connectivity index (χ2v) is 3.37. The highest BCUT2D eigenvalue weighted by Gasteiger charge is 2.22. The van der Waals surface area contributed by atoms with Crippen LogP contribution in [0.3, 0.4) is 0 Å². The molecule has 0 aliphatic rings. The largest absolute Gasteiger partial charge is 0.466 e. The van der Waals surface area contributed by atoms with Crippen molar-refractivity contribution in [2.24, 2.45) is 0 Å². The van der Waals surface area contributed by atoms with Gasteiger partial charge < -0.3 is 4.74 Å². The quantitative estimate of drug-likeness (QED) is 0.767. The average Bonchev–Trinajstić information content (AvgIpc) is 2.23. The van der Waals surface area contributed by atoms with E-state index in [1.165, 1.54) is 6.92 Å². The molecule has 0 amide bonds. The van der Waals surface area contributed by atoms with Crippen LogP contribution < -0.4 is 0 Å². The highest BCUT2D eigenvalue weighted by Crippen LogP contribution is 2.27. The van der Waals surface area contributed by atoms with Crippen molar-refractivity contribution < 1.29 is 22.7 Å². The molecule has 0 spiro atoms. The van der Waals surface area contributed by atoms with Crippen LogP contribution in [0, 0.1) is 12.7 Å². The Hall–Kier alpha value is -1.59. The molecule has 1 heterocycles. The van der Waals surface area contributed by atoms with Gasteiger partial charge >= 0.3 is 5.97 Å². The maximum absolute atomic E-state index is 13.2. The van der Waals surface area contributed by atoms with Crippen molar-refractivity contribution in [1.82, 2.24) is 4.98 Å². The SMILES string of the molecule is CCOC(=O)Cc1c(C)ncc(F)c1C(F)F. The molecule has 1 rings (SSSR count). The maximum Gasteiger partial charge on any atom is 0.310 e. The van der Waals surface area contributed by atoms with Gasteiger partial charge in [-0.05, 0) is 19.4 Å². The van der Waals surface area contributed by atoms with Crippen molar-refractivity contribution in [3.8, 4) is 0 Å². The third-order valence-corrected chi connectivity index (χ3v) is 2.24. The fourth-order valence-electron chi connectivity index (χ4n) is 1.46. The Labute approximate surface area is 96.6 Å². The molecule has 0 bridgehead atoms. The number of ether oxygens (including phenoxy) is 1. The van der Waals surface area contributed by atoms with Gasteiger partial charge in [0.25, 0.3) is 6.43 Å². The fourth-order valence-corrected chi connectivity index (χ4v) is 1.46. The predicted octanol–water partition coefficient (Wildman–Crippen LogP) is 2.57. The average molecular weight is 247 g/mol. The summed E-state index contributed by atoms with van der Waals surface area (Å²) in [5.74, 6) is -1.78. The van der Waals surface area contributed by atoms with Gasteiger partial charge in [-0.3, -0.25) is 9.78 Å². The van der Waals surface area contributed by atoms with Gasteiger partial charge in [-0.15, -0.1) is 0 Å². The van der Waals surface area contributed by atoms with Gasteiger partial charge in [-0.2, -0.15) is 0 Å². The molecule has 6 heteroatoms. The zero-order valence-corrected chi connectivity index (χ0v) is 9.47. The highest BCUT2D eigenvalue weighted by molar-refractivity contribution is 5.73. The standard InChI is InChI=1S/C11H12F3NO2/c1-3-17-9(16)4-7-6(2)15-5-8(12)10(7)11(13)14/h5,11H,3-4H2,1-2H3. The van der Waals surface area contributed by atoms with Crippen LogP contribution in [0.1, 0.15) is 30.2 Å². The van der Waals surface area contributed by atoms with Crippen LogP contribution in [0.5, 0.6) is 0 Å². The number of aryl methyl sites for hydroxylation is 1. The molecule has 1 aromatic heterocycles. The second-order valence-electron chi connectivity index (χ2n) is 3.37. The molecule has 1 aromatic rings. The zero-order valence-electron chi connectivity index (χ0n) is 9.47. The summed E-state index contributed by atoms with van der Waals surface area (Å²) >= 11 is 0. The van der Waals surface area contributed by atoms with Crippen molar-refractivity contribution in [2.75, 3.05) is 6.61 Å². The van der Waals surface area contributed by atoms with Gasteiger partial charge in [0.1, 0.15) is 0 Å². The van der Waals surface area contributed by atoms with E-state index in [-0.39, 0.29) is 17.9 Å². The van der Waals surface area contributed by atoms with E-state index >= 15 is 0 Å². The van der Waals surface area contributed by atoms with Gasteiger partial charge in [0, 0.05) is 5.69 Å². The summed E-state index contributed by atoms with van der Waals surface area (Å²) in [7, 11) is 0. The Balaban J connectivity index is 3.12. The molecule has 0 fully saturated rings. The Kier molecular flexibility index (Phi) is 4.48. The number of alkyl halides is 2. The molecule has 94 valence electrons. The number of hydrogen-bond donors (Lipinski definition) is 0. The lowest BCUT2D eigenvalue weighted by Crippen LogP contribution is -2.13. The minimum atomic E-state index is -2.99. The van der Waals surface area contributed by atoms with Gasteiger partial charge in [0.05, 0.1) is 24.8 Å². The van der Waals surface area contributed by atoms with E-state index in [0.29, 0.717) is 0 Å². The first-order valence-electron chi connectivity index (χ1n) is 5.05. The fraction of sp³-hybridized carbons (Fsp3) is 0.455. The molecule has 0 atom stereocenters. The van der Waals surface area contributed by atoms with Crippen LogP contribution in [0.15, 0.2) is 6.20 Å². The Morgan fingerprint density at radius 2 is 2.18 bits per heavy atom. The molecule has 17 heavy (non-hydrogen) atoms. The first-order chi connectivity index (χ1) is 7.97. The molecular formula is C11H12F3NO2. The lowest BCUT2D eigenvalue weighted by Gasteiger charge is -2.11. The number of pyridine rings is 1. The maximum atomic E-state index is 13.2. The van der Waals surface area contributed by atoms with E-state index in [0.717, 1.165) is 6.20 Å². The van der Waals surface area contributed by atoms with E-state index < -0.39 is 30.2 Å². The van der Waals surface area contributed by atoms with E-state index in [4.69, 9.17) is 0 Å². The van der Waals surface area contributed by atoms with Gasteiger partial charge in [-0.25, -0.2) is 13.2 Å². The Morgan fingerprint density at radius 1 is 1.53 bits per heavy atom. The molecular weight excluding hydrogens is 235 g/mol. The van der Waals surface area contributed by atoms with Crippen LogP contribution in [0.4, 0.5) is 13.2 Å². The van der Waals surface area contributed by atoms with Gasteiger partial charge in [0.15, 0.2) is 5.82 Å². The normalized spacial score (nSPS) is 10.7. The lowest BCUT2D eigenvalue weighted by atomic mass is 10.0. The van der Waals surface area contributed by atoms with E-state index in [2.05, 4.69) is 9.72 Å². The van der Waals surface area contributed by atoms with Crippen molar-refractivity contribution in [3.63, 3.8) is 0 Å². The van der Waals surface area contributed by atoms with Crippen LogP contribution in [-0.4, -0.2) is 17.6 Å². The summed E-state index contributed by atoms with van der Waals surface area (Å²) in [6.07, 6.45) is -2.66. The van der Waals surface area contributed by atoms with Crippen molar-refractivity contribution in [2.45, 2.75) is 26.7 Å². The van der Waals surface area contributed by atoms with Crippen LogP contribution in [0.2, 0.25) is 0 Å². The summed E-state index contributed by atoms with van der Waals surface area (Å²) in [6.45, 7) is 3.19. The first-order valence-corrected chi connectivity index (χ1v) is 5.05. The van der Waals surface area contributed by atoms with E-state index in [1.54, 1.807) is 6.92 Å². The summed E-state index contributed by atoms with van der Waals surface area (Å²) in [4.78, 5) is 14.9. The van der Waals surface area contributed by atoms with Crippen molar-refractivity contribution >= 4 is 5.97 Å². The van der Waals surface area contributed by atoms with Gasteiger partial charge in [0.2, 0.25) is 0 Å². The number of carbonyl (C=O) groups is 1. The smallest absolute Gasteiger partial charge is 0.310 e. The molecule has 0 unspecified atom stereocenters. The molecule has 0 saturated heterocycles. The molecule has 0 saturated carbocycles. The van der Waals surface area contributed by atoms with Crippen LogP contribution >= 0.6 is 0 Å². The first kappa shape index (κ1) is 13.5. The number of nitrogens with zero attached hydrogens (tertiary/aromatic N) is 1. The molecule has 0 aliphatic carbocycles. The predicted molar refractivity (Wildman–Crippen MR) is 54.2 cm³/mol. The van der Waals surface area contributed by atoms with E-state index in [9.17, 15) is 18.0 Å². The second kappa shape index (κ2) is 5.65. The minimum Gasteiger partial charge on any atom is -0.466 e. The molecule has 3 nitrogen and oxygen atoms in total. The number of carbonyl (C=O) groups excluding carboxylic acids is 1. The summed E-state index contributed by atoms with van der Waals surface area (Å²) in [5.41, 5.74) is -0.668. The summed E-state index contributed by atoms with van der Waals surface area (Å²) in [6, 6.07) is 0. The number of hydrogen-bond acceptors (Lipinski definition) is 3. The molecule has 0 radical (unpaired) electrons. The molecule has 0 aromatic carbocycles. The van der Waals surface area contributed by atoms with Crippen LogP contribution in [0.25, 0.3) is 0 Å². The Morgan fingerprint density at radius 3 is 2.71 bits per heavy atom. The third-order valence-electron chi connectivity index (χ3n) is 2.24. The zero-order chi connectivity index (χ0) is 13.0. The highest BCUT2D eigenvalue weighted by atomic mass is 19.3. The van der Waals surface area contributed by atoms with Gasteiger partial charge in [-0.1, -0.05) is 0 Å². The number of aromatic nitrogens is 1. The number of esters is 1. The van der Waals surface area contributed by atoms with Crippen LogP contribution in [-0.2, 0) is 16.0 Å². The summed E-state index contributed by atoms with van der Waals surface area (Å²) < 4.78 is 43.2. The topological polar surface area (TPSA) is 39.2 Å². The van der Waals surface area contributed by atoms with E-state index in [1.807, 2.05) is 0 Å². The van der Waals surface area contributed by atoms with Crippen molar-refractivity contribution in [1.29, 1.82) is 0 Å². The lowest BCUT2D eigenvalue weighted by molar-refractivity contribution is -0.142. The molecule has 0 aliphatic heterocycles. The summed E-state index contributed by atoms with van der Waals surface area (Å²) in [5, 5.41) is 0. The third kappa shape index (κ3) is 3.18.